The lowest BCUT2D eigenvalue weighted by Gasteiger charge is -2.43. The monoisotopic (exact) mass is 526 g/mol. The van der Waals surface area contributed by atoms with Crippen molar-refractivity contribution in [2.45, 2.75) is 19.3 Å². The van der Waals surface area contributed by atoms with E-state index in [1.807, 2.05) is 32.2 Å². The van der Waals surface area contributed by atoms with E-state index in [9.17, 15) is 10.1 Å². The molecule has 2 aromatic carbocycles. The summed E-state index contributed by atoms with van der Waals surface area (Å²) >= 11 is 6.29. The lowest BCUT2D eigenvalue weighted by Crippen LogP contribution is -2.54. The minimum absolute atomic E-state index is 0.0212. The van der Waals surface area contributed by atoms with Crippen LogP contribution in [0.1, 0.15) is 25.0 Å². The zero-order valence-corrected chi connectivity index (χ0v) is 22.5. The molecule has 6 rings (SSSR count). The summed E-state index contributed by atoms with van der Waals surface area (Å²) in [6.45, 7) is 11.7. The molecule has 0 unspecified atom stereocenters. The third-order valence-electron chi connectivity index (χ3n) is 8.07. The third-order valence-corrected chi connectivity index (χ3v) is 8.38. The molecule has 194 valence electrons. The minimum Gasteiger partial charge on any atom is -0.356 e. The van der Waals surface area contributed by atoms with Crippen LogP contribution in [0.5, 0.6) is 0 Å². The molecular weight excluding hydrogens is 496 g/mol. The zero-order chi connectivity index (χ0) is 26.4. The molecule has 1 aromatic heterocycles. The van der Waals surface area contributed by atoms with Crippen LogP contribution in [-0.2, 0) is 10.2 Å². The summed E-state index contributed by atoms with van der Waals surface area (Å²) in [5.41, 5.74) is 4.21. The highest BCUT2D eigenvalue weighted by Crippen LogP contribution is 2.47. The number of amides is 1. The number of benzene rings is 2. The molecule has 2 fully saturated rings. The fraction of sp³-hybridized carbons (Fsp3) is 0.367. The molecule has 0 bridgehead atoms. The molecule has 0 atom stereocenters. The van der Waals surface area contributed by atoms with Crippen LogP contribution in [0, 0.1) is 17.2 Å². The second-order valence-electron chi connectivity index (χ2n) is 11.0. The largest absolute Gasteiger partial charge is 0.356 e. The van der Waals surface area contributed by atoms with Gasteiger partial charge in [-0.3, -0.25) is 9.69 Å². The van der Waals surface area contributed by atoms with Gasteiger partial charge in [-0.15, -0.1) is 0 Å². The van der Waals surface area contributed by atoms with Crippen LogP contribution in [-0.4, -0.2) is 61.6 Å². The molecule has 8 heteroatoms. The number of piperazine rings is 1. The van der Waals surface area contributed by atoms with Crippen molar-refractivity contribution in [3.63, 3.8) is 0 Å². The van der Waals surface area contributed by atoms with Gasteiger partial charge >= 0.3 is 0 Å². The van der Waals surface area contributed by atoms with Crippen molar-refractivity contribution in [3.05, 3.63) is 70.9 Å². The highest BCUT2D eigenvalue weighted by Gasteiger charge is 2.44. The van der Waals surface area contributed by atoms with Crippen LogP contribution in [0.2, 0.25) is 5.02 Å². The summed E-state index contributed by atoms with van der Waals surface area (Å²) in [6.07, 6.45) is 1.93. The lowest BCUT2D eigenvalue weighted by molar-refractivity contribution is -0.121. The van der Waals surface area contributed by atoms with Crippen molar-refractivity contribution in [2.75, 3.05) is 55.6 Å². The molecule has 2 saturated heterocycles. The first-order valence-corrected chi connectivity index (χ1v) is 13.6. The highest BCUT2D eigenvalue weighted by molar-refractivity contribution is 6.32. The molecule has 1 amide bonds. The number of halogens is 1. The van der Waals surface area contributed by atoms with Gasteiger partial charge in [0.05, 0.1) is 27.4 Å². The van der Waals surface area contributed by atoms with Gasteiger partial charge in [-0.05, 0) is 67.4 Å². The summed E-state index contributed by atoms with van der Waals surface area (Å²) in [6, 6.07) is 17.5. The van der Waals surface area contributed by atoms with Crippen LogP contribution in [0.4, 0.5) is 17.2 Å². The van der Waals surface area contributed by atoms with Gasteiger partial charge in [0, 0.05) is 63.5 Å². The standard InChI is InChI=1S/C30H31ClN6O/c1-30(2)25-13-21(4-7-27(25)37(29(30)38)24-6-3-22(15-32)26(31)14-24)23-5-8-28(34-16-23)36-18-20(19-36)17-35-11-9-33-10-12-35/h3-8,13-14,16,20,33H,9-12,17-19H2,1-2H3. The van der Waals surface area contributed by atoms with E-state index in [1.54, 1.807) is 23.1 Å². The summed E-state index contributed by atoms with van der Waals surface area (Å²) in [7, 11) is 0. The lowest BCUT2D eigenvalue weighted by atomic mass is 9.85. The van der Waals surface area contributed by atoms with Gasteiger partial charge in [-0.25, -0.2) is 4.98 Å². The fourth-order valence-corrected chi connectivity index (χ4v) is 6.00. The molecule has 0 saturated carbocycles. The average Bonchev–Trinajstić information content (AvgIpc) is 3.11. The first-order chi connectivity index (χ1) is 18.3. The predicted molar refractivity (Wildman–Crippen MR) is 151 cm³/mol. The highest BCUT2D eigenvalue weighted by atomic mass is 35.5. The van der Waals surface area contributed by atoms with Crippen LogP contribution >= 0.6 is 11.6 Å². The van der Waals surface area contributed by atoms with E-state index in [-0.39, 0.29) is 5.91 Å². The number of rotatable bonds is 5. The summed E-state index contributed by atoms with van der Waals surface area (Å²) in [4.78, 5) is 24.9. The number of hydrogen-bond acceptors (Lipinski definition) is 6. The maximum atomic E-state index is 13.5. The third kappa shape index (κ3) is 4.33. The Morgan fingerprint density at radius 2 is 1.84 bits per heavy atom. The van der Waals surface area contributed by atoms with Gasteiger partial charge < -0.3 is 15.1 Å². The number of nitrogens with one attached hydrogen (secondary N) is 1. The van der Waals surface area contributed by atoms with E-state index in [4.69, 9.17) is 16.6 Å². The maximum Gasteiger partial charge on any atom is 0.241 e. The summed E-state index contributed by atoms with van der Waals surface area (Å²) in [5, 5.41) is 13.0. The van der Waals surface area contributed by atoms with Crippen LogP contribution in [0.15, 0.2) is 54.7 Å². The normalized spacial score (nSPS) is 19.3. The fourth-order valence-electron chi connectivity index (χ4n) is 5.78. The van der Waals surface area contributed by atoms with Gasteiger partial charge in [0.25, 0.3) is 0 Å². The van der Waals surface area contributed by atoms with Gasteiger partial charge in [0.2, 0.25) is 5.91 Å². The number of nitrogens with zero attached hydrogens (tertiary/aromatic N) is 5. The van der Waals surface area contributed by atoms with Gasteiger partial charge in [-0.1, -0.05) is 17.7 Å². The maximum absolute atomic E-state index is 13.5. The van der Waals surface area contributed by atoms with Gasteiger partial charge in [0.15, 0.2) is 0 Å². The molecule has 0 radical (unpaired) electrons. The van der Waals surface area contributed by atoms with E-state index >= 15 is 0 Å². The Hall–Kier alpha value is -3.44. The first kappa shape index (κ1) is 24.9. The predicted octanol–water partition coefficient (Wildman–Crippen LogP) is 4.57. The summed E-state index contributed by atoms with van der Waals surface area (Å²) < 4.78 is 0. The van der Waals surface area contributed by atoms with E-state index in [0.717, 1.165) is 67.5 Å². The molecular formula is C30H31ClN6O. The molecule has 0 aliphatic carbocycles. The van der Waals surface area contributed by atoms with Crippen molar-refractivity contribution in [2.24, 2.45) is 5.92 Å². The average molecular weight is 527 g/mol. The number of aromatic nitrogens is 1. The van der Waals surface area contributed by atoms with E-state index in [0.29, 0.717) is 22.2 Å². The Bertz CT molecular complexity index is 1420. The quantitative estimate of drug-likeness (QED) is 0.525. The number of pyridine rings is 1. The second kappa shape index (κ2) is 9.70. The Labute approximate surface area is 228 Å². The van der Waals surface area contributed by atoms with E-state index < -0.39 is 5.41 Å². The Morgan fingerprint density at radius 1 is 1.08 bits per heavy atom. The topological polar surface area (TPSA) is 75.5 Å². The number of fused-ring (bicyclic) bond motifs is 1. The minimum atomic E-state index is -0.698. The van der Waals surface area contributed by atoms with Crippen LogP contribution in [0.25, 0.3) is 11.1 Å². The van der Waals surface area contributed by atoms with Crippen molar-refractivity contribution < 1.29 is 4.79 Å². The van der Waals surface area contributed by atoms with Crippen LogP contribution in [0.3, 0.4) is 0 Å². The molecule has 4 heterocycles. The second-order valence-corrected chi connectivity index (χ2v) is 11.4. The van der Waals surface area contributed by atoms with Crippen molar-refractivity contribution >= 4 is 34.7 Å². The van der Waals surface area contributed by atoms with Crippen LogP contribution < -0.4 is 15.1 Å². The first-order valence-electron chi connectivity index (χ1n) is 13.2. The smallest absolute Gasteiger partial charge is 0.241 e. The molecule has 3 aliphatic rings. The van der Waals surface area contributed by atoms with E-state index in [2.05, 4.69) is 39.4 Å². The number of hydrogen-bond donors (Lipinski definition) is 1. The van der Waals surface area contributed by atoms with Gasteiger partial charge in [0.1, 0.15) is 11.9 Å². The molecule has 38 heavy (non-hydrogen) atoms. The molecule has 0 spiro atoms. The zero-order valence-electron chi connectivity index (χ0n) is 21.7. The summed E-state index contributed by atoms with van der Waals surface area (Å²) in [5.74, 6) is 1.71. The Kier molecular flexibility index (Phi) is 6.35. The number of carbonyl (C=O) groups is 1. The molecule has 1 N–H and O–H groups in total. The Morgan fingerprint density at radius 3 is 2.53 bits per heavy atom. The molecule has 3 aromatic rings. The number of carbonyl (C=O) groups excluding carboxylic acids is 1. The molecule has 7 nitrogen and oxygen atoms in total. The van der Waals surface area contributed by atoms with Crippen molar-refractivity contribution in [3.8, 4) is 17.2 Å². The molecule has 3 aliphatic heterocycles. The van der Waals surface area contributed by atoms with Gasteiger partial charge in [-0.2, -0.15) is 5.26 Å². The number of anilines is 3. The number of nitriles is 1. The van der Waals surface area contributed by atoms with Crippen molar-refractivity contribution in [1.29, 1.82) is 5.26 Å². The Balaban J connectivity index is 1.19. The van der Waals surface area contributed by atoms with E-state index in [1.165, 1.54) is 6.54 Å². The SMILES string of the molecule is CC1(C)C(=O)N(c2ccc(C#N)c(Cl)c2)c2ccc(-c3ccc(N4CC(CN5CCNCC5)C4)nc3)cc21. The van der Waals surface area contributed by atoms with Crippen molar-refractivity contribution in [1.82, 2.24) is 15.2 Å².